The van der Waals surface area contributed by atoms with E-state index in [1.807, 2.05) is 23.1 Å². The molecule has 2 fully saturated rings. The number of hydrogen-bond donors (Lipinski definition) is 2. The van der Waals surface area contributed by atoms with Crippen molar-refractivity contribution in [3.63, 3.8) is 0 Å². The molecular formula is C23H25F3N4O3. The van der Waals surface area contributed by atoms with Gasteiger partial charge in [-0.3, -0.25) is 14.5 Å². The number of methoxy groups -OCH3 is 1. The number of nitrogens with zero attached hydrogens (tertiary/aromatic N) is 2. The molecule has 0 saturated carbocycles. The highest BCUT2D eigenvalue weighted by Gasteiger charge is 2.50. The van der Waals surface area contributed by atoms with E-state index in [4.69, 9.17) is 4.74 Å². The highest BCUT2D eigenvalue weighted by atomic mass is 19.4. The van der Waals surface area contributed by atoms with E-state index in [1.165, 1.54) is 17.1 Å². The van der Waals surface area contributed by atoms with Gasteiger partial charge in [-0.15, -0.1) is 0 Å². The van der Waals surface area contributed by atoms with Gasteiger partial charge in [0.2, 0.25) is 11.8 Å². The summed E-state index contributed by atoms with van der Waals surface area (Å²) < 4.78 is 44.4. The largest absolute Gasteiger partial charge is 0.416 e. The molecule has 2 aliphatic heterocycles. The maximum atomic E-state index is 13.2. The van der Waals surface area contributed by atoms with Crippen molar-refractivity contribution in [1.29, 1.82) is 0 Å². The standard InChI is InChI=1S/C23H25F3N4O3/c1-33-11-10-29-13-18(21(31)27-16-7-5-6-15(12-16)23(24,25)26)20-19(14-29)22(32)30(28-20)17-8-3-2-4-9-17/h2-9,12,18-20,28H,10-11,13-14H2,1H3,(H,27,31). The fourth-order valence-corrected chi connectivity index (χ4v) is 4.36. The predicted molar refractivity (Wildman–Crippen MR) is 116 cm³/mol. The topological polar surface area (TPSA) is 73.9 Å². The predicted octanol–water partition coefficient (Wildman–Crippen LogP) is 2.76. The molecule has 2 heterocycles. The first kappa shape index (κ1) is 23.2. The number of halogens is 3. The Morgan fingerprint density at radius 2 is 1.91 bits per heavy atom. The van der Waals surface area contributed by atoms with Crippen LogP contribution in [0.15, 0.2) is 54.6 Å². The van der Waals surface area contributed by atoms with Crippen molar-refractivity contribution in [2.24, 2.45) is 11.8 Å². The lowest BCUT2D eigenvalue weighted by Gasteiger charge is -2.38. The van der Waals surface area contributed by atoms with Crippen molar-refractivity contribution in [3.05, 3.63) is 60.2 Å². The smallest absolute Gasteiger partial charge is 0.383 e. The third-order valence-corrected chi connectivity index (χ3v) is 6.01. The number of carbonyl (C=O) groups is 2. The average molecular weight is 462 g/mol. The van der Waals surface area contributed by atoms with Crippen LogP contribution in [0.5, 0.6) is 0 Å². The summed E-state index contributed by atoms with van der Waals surface area (Å²) in [6, 6.07) is 13.1. The monoisotopic (exact) mass is 462 g/mol. The van der Waals surface area contributed by atoms with Gasteiger partial charge in [0, 0.05) is 32.4 Å². The van der Waals surface area contributed by atoms with Gasteiger partial charge >= 0.3 is 6.18 Å². The number of nitrogens with one attached hydrogen (secondary N) is 2. The van der Waals surface area contributed by atoms with E-state index in [0.717, 1.165) is 12.1 Å². The van der Waals surface area contributed by atoms with E-state index in [1.54, 1.807) is 19.2 Å². The zero-order valence-electron chi connectivity index (χ0n) is 18.0. The van der Waals surface area contributed by atoms with Crippen LogP contribution >= 0.6 is 0 Å². The molecule has 2 amide bonds. The summed E-state index contributed by atoms with van der Waals surface area (Å²) in [5.74, 6) is -1.73. The van der Waals surface area contributed by atoms with Crippen LogP contribution in [0.2, 0.25) is 0 Å². The molecule has 4 rings (SSSR count). The van der Waals surface area contributed by atoms with Gasteiger partial charge in [0.05, 0.1) is 35.7 Å². The molecule has 2 N–H and O–H groups in total. The average Bonchev–Trinajstić information content (AvgIpc) is 3.13. The zero-order chi connectivity index (χ0) is 23.6. The minimum Gasteiger partial charge on any atom is -0.383 e. The van der Waals surface area contributed by atoms with Gasteiger partial charge in [-0.25, -0.2) is 10.4 Å². The molecule has 3 unspecified atom stereocenters. The summed E-state index contributed by atoms with van der Waals surface area (Å²) in [5.41, 5.74) is 3.06. The number of carbonyl (C=O) groups excluding carboxylic acids is 2. The minimum absolute atomic E-state index is 0.0598. The molecule has 2 aliphatic rings. The number of ether oxygens (including phenoxy) is 1. The lowest BCUT2D eigenvalue weighted by Crippen LogP contribution is -2.56. The molecular weight excluding hydrogens is 437 g/mol. The summed E-state index contributed by atoms with van der Waals surface area (Å²) in [4.78, 5) is 28.4. The number of likely N-dealkylation sites (tertiary alicyclic amines) is 1. The SMILES string of the molecule is COCCN1CC(C(=O)Nc2cccc(C(F)(F)F)c2)C2NN(c3ccccc3)C(=O)C2C1. The summed E-state index contributed by atoms with van der Waals surface area (Å²) in [5, 5.41) is 4.07. The molecule has 176 valence electrons. The van der Waals surface area contributed by atoms with E-state index in [-0.39, 0.29) is 11.6 Å². The molecule has 0 bridgehead atoms. The first-order valence-corrected chi connectivity index (χ1v) is 10.6. The minimum atomic E-state index is -4.51. The van der Waals surface area contributed by atoms with Crippen LogP contribution in [0.1, 0.15) is 5.56 Å². The van der Waals surface area contributed by atoms with Gasteiger partial charge in [0.25, 0.3) is 0 Å². The van der Waals surface area contributed by atoms with Crippen molar-refractivity contribution in [2.75, 3.05) is 43.7 Å². The van der Waals surface area contributed by atoms with Gasteiger partial charge < -0.3 is 10.1 Å². The number of benzene rings is 2. The van der Waals surface area contributed by atoms with E-state index in [2.05, 4.69) is 10.7 Å². The molecule has 2 aromatic rings. The van der Waals surface area contributed by atoms with Crippen molar-refractivity contribution < 1.29 is 27.5 Å². The van der Waals surface area contributed by atoms with Crippen molar-refractivity contribution >= 4 is 23.2 Å². The maximum Gasteiger partial charge on any atom is 0.416 e. The van der Waals surface area contributed by atoms with Gasteiger partial charge in [0.1, 0.15) is 0 Å². The van der Waals surface area contributed by atoms with Gasteiger partial charge in [-0.1, -0.05) is 24.3 Å². The Morgan fingerprint density at radius 3 is 2.61 bits per heavy atom. The zero-order valence-corrected chi connectivity index (χ0v) is 18.0. The second kappa shape index (κ2) is 9.50. The molecule has 2 saturated heterocycles. The van der Waals surface area contributed by atoms with Crippen molar-refractivity contribution in [3.8, 4) is 0 Å². The molecule has 3 atom stereocenters. The van der Waals surface area contributed by atoms with E-state index in [0.29, 0.717) is 31.9 Å². The molecule has 0 spiro atoms. The summed E-state index contributed by atoms with van der Waals surface area (Å²) in [6.45, 7) is 1.77. The molecule has 2 aromatic carbocycles. The van der Waals surface area contributed by atoms with Crippen LogP contribution in [-0.4, -0.2) is 56.1 Å². The maximum absolute atomic E-state index is 13.2. The quantitative estimate of drug-likeness (QED) is 0.691. The van der Waals surface area contributed by atoms with Gasteiger partial charge in [-0.2, -0.15) is 13.2 Å². The molecule has 0 aromatic heterocycles. The highest BCUT2D eigenvalue weighted by Crippen LogP contribution is 2.33. The van der Waals surface area contributed by atoms with Crippen LogP contribution in [-0.2, 0) is 20.5 Å². The first-order chi connectivity index (χ1) is 15.8. The Balaban J connectivity index is 1.57. The number of amides is 2. The Hall–Kier alpha value is -2.95. The Morgan fingerprint density at radius 1 is 1.15 bits per heavy atom. The van der Waals surface area contributed by atoms with Crippen LogP contribution < -0.4 is 15.8 Å². The second-order valence-corrected chi connectivity index (χ2v) is 8.20. The third kappa shape index (κ3) is 5.02. The summed E-state index contributed by atoms with van der Waals surface area (Å²) in [6.07, 6.45) is -4.51. The molecule has 7 nitrogen and oxygen atoms in total. The molecule has 0 aliphatic carbocycles. The summed E-state index contributed by atoms with van der Waals surface area (Å²) in [7, 11) is 1.57. The van der Waals surface area contributed by atoms with Crippen LogP contribution in [0.3, 0.4) is 0 Å². The number of hydrogen-bond acceptors (Lipinski definition) is 5. The van der Waals surface area contributed by atoms with Crippen LogP contribution in [0.4, 0.5) is 24.5 Å². The van der Waals surface area contributed by atoms with E-state index < -0.39 is 35.5 Å². The first-order valence-electron chi connectivity index (χ1n) is 10.6. The Bertz CT molecular complexity index is 1000. The van der Waals surface area contributed by atoms with E-state index >= 15 is 0 Å². The van der Waals surface area contributed by atoms with Crippen LogP contribution in [0, 0.1) is 11.8 Å². The second-order valence-electron chi connectivity index (χ2n) is 8.20. The van der Waals surface area contributed by atoms with Crippen molar-refractivity contribution in [1.82, 2.24) is 10.3 Å². The number of anilines is 2. The fraction of sp³-hybridized carbons (Fsp3) is 0.391. The third-order valence-electron chi connectivity index (χ3n) is 6.01. The number of hydrazine groups is 1. The Kier molecular flexibility index (Phi) is 6.68. The number of fused-ring (bicyclic) bond motifs is 1. The number of para-hydroxylation sites is 1. The highest BCUT2D eigenvalue weighted by molar-refractivity contribution is 6.00. The van der Waals surface area contributed by atoms with Gasteiger partial charge in [-0.05, 0) is 30.3 Å². The number of rotatable bonds is 6. The summed E-state index contributed by atoms with van der Waals surface area (Å²) >= 11 is 0. The molecule has 0 radical (unpaired) electrons. The molecule has 33 heavy (non-hydrogen) atoms. The Labute approximate surface area is 189 Å². The lowest BCUT2D eigenvalue weighted by molar-refractivity contribution is -0.137. The van der Waals surface area contributed by atoms with Crippen molar-refractivity contribution in [2.45, 2.75) is 12.2 Å². The lowest BCUT2D eigenvalue weighted by atomic mass is 9.84. The fourth-order valence-electron chi connectivity index (χ4n) is 4.36. The van der Waals surface area contributed by atoms with Crippen LogP contribution in [0.25, 0.3) is 0 Å². The normalized spacial score (nSPS) is 23.5. The number of piperidine rings is 1. The molecule has 10 heteroatoms. The van der Waals surface area contributed by atoms with E-state index in [9.17, 15) is 22.8 Å². The number of alkyl halides is 3. The van der Waals surface area contributed by atoms with Gasteiger partial charge in [0.15, 0.2) is 0 Å².